The highest BCUT2D eigenvalue weighted by Crippen LogP contribution is 2.29. The van der Waals surface area contributed by atoms with Crippen LogP contribution in [0.15, 0.2) is 47.4 Å². The average Bonchev–Trinajstić information content (AvgIpc) is 2.54. The number of amides is 1. The zero-order valence-corrected chi connectivity index (χ0v) is 13.7. The van der Waals surface area contributed by atoms with Crippen LogP contribution in [0, 0.1) is 6.92 Å². The molecular formula is C17H19NO3S. The van der Waals surface area contributed by atoms with Crippen molar-refractivity contribution < 1.29 is 14.3 Å². The van der Waals surface area contributed by atoms with Gasteiger partial charge in [-0.2, -0.15) is 0 Å². The monoisotopic (exact) mass is 317 g/mol. The summed E-state index contributed by atoms with van der Waals surface area (Å²) in [5.41, 5.74) is 1.81. The van der Waals surface area contributed by atoms with E-state index >= 15 is 0 Å². The second-order valence-electron chi connectivity index (χ2n) is 4.67. The van der Waals surface area contributed by atoms with Gasteiger partial charge in [-0.15, -0.1) is 11.8 Å². The van der Waals surface area contributed by atoms with Crippen LogP contribution >= 0.6 is 11.8 Å². The summed E-state index contributed by atoms with van der Waals surface area (Å²) < 4.78 is 10.4. The van der Waals surface area contributed by atoms with Crippen molar-refractivity contribution in [2.75, 3.05) is 25.3 Å². The normalized spacial score (nSPS) is 10.1. The average molecular weight is 317 g/mol. The number of nitrogens with one attached hydrogen (secondary N) is 1. The first kappa shape index (κ1) is 16.2. The molecule has 0 aliphatic carbocycles. The van der Waals surface area contributed by atoms with Crippen LogP contribution in [-0.2, 0) is 4.79 Å². The minimum Gasteiger partial charge on any atom is -0.497 e. The molecule has 0 aromatic heterocycles. The molecule has 0 atom stereocenters. The topological polar surface area (TPSA) is 47.6 Å². The van der Waals surface area contributed by atoms with Crippen LogP contribution in [0.4, 0.5) is 5.69 Å². The Hall–Kier alpha value is -2.14. The van der Waals surface area contributed by atoms with Crippen LogP contribution in [0.5, 0.6) is 11.5 Å². The Morgan fingerprint density at radius 1 is 1.14 bits per heavy atom. The first-order valence-electron chi connectivity index (χ1n) is 6.84. The standard InChI is InChI=1S/C17H19NO3S/c1-12-6-4-5-7-16(12)22-11-17(19)18-14-9-8-13(20-2)10-15(14)21-3/h4-10H,11H2,1-3H3,(H,18,19). The smallest absolute Gasteiger partial charge is 0.234 e. The number of carbonyl (C=O) groups excluding carboxylic acids is 1. The second-order valence-corrected chi connectivity index (χ2v) is 5.69. The zero-order chi connectivity index (χ0) is 15.9. The molecule has 0 spiro atoms. The summed E-state index contributed by atoms with van der Waals surface area (Å²) in [5, 5.41) is 2.86. The van der Waals surface area contributed by atoms with Gasteiger partial charge in [0.2, 0.25) is 5.91 Å². The van der Waals surface area contributed by atoms with Crippen molar-refractivity contribution in [3.63, 3.8) is 0 Å². The van der Waals surface area contributed by atoms with E-state index < -0.39 is 0 Å². The van der Waals surface area contributed by atoms with Crippen molar-refractivity contribution in [1.29, 1.82) is 0 Å². The van der Waals surface area contributed by atoms with E-state index in [-0.39, 0.29) is 5.91 Å². The Morgan fingerprint density at radius 3 is 2.59 bits per heavy atom. The highest BCUT2D eigenvalue weighted by Gasteiger charge is 2.10. The summed E-state index contributed by atoms with van der Waals surface area (Å²) >= 11 is 1.52. The van der Waals surface area contributed by atoms with E-state index in [9.17, 15) is 4.79 Å². The summed E-state index contributed by atoms with van der Waals surface area (Å²) in [4.78, 5) is 13.2. The molecule has 2 rings (SSSR count). The Balaban J connectivity index is 1.99. The van der Waals surface area contributed by atoms with Gasteiger partial charge in [0.25, 0.3) is 0 Å². The molecule has 1 N–H and O–H groups in total. The molecule has 4 nitrogen and oxygen atoms in total. The molecule has 0 heterocycles. The van der Waals surface area contributed by atoms with Gasteiger partial charge in [-0.05, 0) is 30.7 Å². The van der Waals surface area contributed by atoms with E-state index in [0.29, 0.717) is 22.9 Å². The fraction of sp³-hybridized carbons (Fsp3) is 0.235. The van der Waals surface area contributed by atoms with Gasteiger partial charge in [-0.3, -0.25) is 4.79 Å². The number of hydrogen-bond acceptors (Lipinski definition) is 4. The first-order chi connectivity index (χ1) is 10.6. The summed E-state index contributed by atoms with van der Waals surface area (Å²) in [6, 6.07) is 13.3. The molecule has 5 heteroatoms. The number of thioether (sulfide) groups is 1. The fourth-order valence-electron chi connectivity index (χ4n) is 1.95. The van der Waals surface area contributed by atoms with E-state index in [2.05, 4.69) is 5.32 Å². The molecule has 116 valence electrons. The van der Waals surface area contributed by atoms with E-state index in [1.54, 1.807) is 32.4 Å². The number of carbonyl (C=O) groups is 1. The molecule has 0 unspecified atom stereocenters. The van der Waals surface area contributed by atoms with Gasteiger partial charge in [0, 0.05) is 11.0 Å². The maximum atomic E-state index is 12.1. The Bertz CT molecular complexity index is 658. The van der Waals surface area contributed by atoms with Gasteiger partial charge >= 0.3 is 0 Å². The summed E-state index contributed by atoms with van der Waals surface area (Å²) in [5.74, 6) is 1.54. The van der Waals surface area contributed by atoms with E-state index in [0.717, 1.165) is 4.90 Å². The van der Waals surface area contributed by atoms with Crippen molar-refractivity contribution in [3.05, 3.63) is 48.0 Å². The minimum atomic E-state index is -0.0725. The lowest BCUT2D eigenvalue weighted by Gasteiger charge is -2.11. The SMILES string of the molecule is COc1ccc(NC(=O)CSc2ccccc2C)c(OC)c1. The number of rotatable bonds is 6. The van der Waals surface area contributed by atoms with Crippen molar-refractivity contribution in [1.82, 2.24) is 0 Å². The highest BCUT2D eigenvalue weighted by molar-refractivity contribution is 8.00. The van der Waals surface area contributed by atoms with E-state index in [4.69, 9.17) is 9.47 Å². The lowest BCUT2D eigenvalue weighted by Crippen LogP contribution is -2.14. The summed E-state index contributed by atoms with van der Waals surface area (Å²) in [7, 11) is 3.15. The zero-order valence-electron chi connectivity index (χ0n) is 12.9. The third kappa shape index (κ3) is 4.18. The second kappa shape index (κ2) is 7.75. The van der Waals surface area contributed by atoms with Crippen molar-refractivity contribution in [2.45, 2.75) is 11.8 Å². The van der Waals surface area contributed by atoms with Crippen LogP contribution < -0.4 is 14.8 Å². The van der Waals surface area contributed by atoms with Crippen LogP contribution in [0.2, 0.25) is 0 Å². The van der Waals surface area contributed by atoms with Gasteiger partial charge in [0.15, 0.2) is 0 Å². The molecule has 0 aliphatic rings. The molecule has 0 saturated heterocycles. The van der Waals surface area contributed by atoms with Crippen LogP contribution in [0.3, 0.4) is 0 Å². The van der Waals surface area contributed by atoms with Gasteiger partial charge in [0.05, 0.1) is 25.7 Å². The molecule has 2 aromatic rings. The van der Waals surface area contributed by atoms with Crippen LogP contribution in [-0.4, -0.2) is 25.9 Å². The molecule has 0 aliphatic heterocycles. The third-order valence-corrected chi connectivity index (χ3v) is 4.31. The lowest BCUT2D eigenvalue weighted by atomic mass is 10.2. The molecule has 1 amide bonds. The number of methoxy groups -OCH3 is 2. The Kier molecular flexibility index (Phi) is 5.72. The van der Waals surface area contributed by atoms with Gasteiger partial charge in [0.1, 0.15) is 11.5 Å². The minimum absolute atomic E-state index is 0.0725. The Morgan fingerprint density at radius 2 is 1.91 bits per heavy atom. The van der Waals surface area contributed by atoms with Gasteiger partial charge in [-0.25, -0.2) is 0 Å². The largest absolute Gasteiger partial charge is 0.497 e. The quantitative estimate of drug-likeness (QED) is 0.825. The number of hydrogen-bond donors (Lipinski definition) is 1. The third-order valence-electron chi connectivity index (χ3n) is 3.14. The Labute approximate surface area is 134 Å². The van der Waals surface area contributed by atoms with Crippen LogP contribution in [0.25, 0.3) is 0 Å². The summed E-state index contributed by atoms with van der Waals surface area (Å²) in [6.45, 7) is 2.03. The fourth-order valence-corrected chi connectivity index (χ4v) is 2.78. The number of ether oxygens (including phenoxy) is 2. The molecular weight excluding hydrogens is 298 g/mol. The van der Waals surface area contributed by atoms with E-state index in [1.807, 2.05) is 31.2 Å². The molecule has 0 bridgehead atoms. The van der Waals surface area contributed by atoms with Gasteiger partial charge in [-0.1, -0.05) is 18.2 Å². The molecule has 0 radical (unpaired) electrons. The van der Waals surface area contributed by atoms with Crippen molar-refractivity contribution in [3.8, 4) is 11.5 Å². The molecule has 22 heavy (non-hydrogen) atoms. The number of benzene rings is 2. The number of aryl methyl sites for hydroxylation is 1. The predicted molar refractivity (Wildman–Crippen MR) is 90.1 cm³/mol. The highest BCUT2D eigenvalue weighted by atomic mass is 32.2. The summed E-state index contributed by atoms with van der Waals surface area (Å²) in [6.07, 6.45) is 0. The maximum absolute atomic E-state index is 12.1. The van der Waals surface area contributed by atoms with Gasteiger partial charge < -0.3 is 14.8 Å². The van der Waals surface area contributed by atoms with Crippen molar-refractivity contribution in [2.24, 2.45) is 0 Å². The number of anilines is 1. The first-order valence-corrected chi connectivity index (χ1v) is 7.83. The van der Waals surface area contributed by atoms with Crippen molar-refractivity contribution >= 4 is 23.4 Å². The lowest BCUT2D eigenvalue weighted by molar-refractivity contribution is -0.113. The predicted octanol–water partition coefficient (Wildman–Crippen LogP) is 3.74. The van der Waals surface area contributed by atoms with Crippen LogP contribution in [0.1, 0.15) is 5.56 Å². The molecule has 0 fully saturated rings. The maximum Gasteiger partial charge on any atom is 0.234 e. The molecule has 2 aromatic carbocycles. The van der Waals surface area contributed by atoms with E-state index in [1.165, 1.54) is 17.3 Å². The molecule has 0 saturated carbocycles.